The molecule has 1 N–H and O–H groups in total. The highest BCUT2D eigenvalue weighted by atomic mass is 16.3. The van der Waals surface area contributed by atoms with Crippen LogP contribution < -0.4 is 0 Å². The first-order chi connectivity index (χ1) is 7.74. The maximum atomic E-state index is 12.3. The number of carbonyl (C=O) groups excluding carboxylic acids is 1. The van der Waals surface area contributed by atoms with E-state index in [-0.39, 0.29) is 12.5 Å². The smallest absolute Gasteiger partial charge is 0.243 e. The Hall–Kier alpha value is -1.08. The van der Waals surface area contributed by atoms with Gasteiger partial charge in [-0.25, -0.2) is 0 Å². The zero-order valence-electron chi connectivity index (χ0n) is 11.2. The van der Waals surface area contributed by atoms with E-state index in [9.17, 15) is 15.2 Å². The maximum absolute atomic E-state index is 12.3. The molecule has 0 radical (unpaired) electrons. The van der Waals surface area contributed by atoms with Crippen molar-refractivity contribution in [2.45, 2.75) is 46.1 Å². The molecular weight excluding hydrogens is 216 g/mol. The lowest BCUT2D eigenvalue weighted by molar-refractivity contribution is -0.148. The van der Waals surface area contributed by atoms with Crippen LogP contribution in [-0.2, 0) is 4.79 Å². The first-order valence-corrected chi connectivity index (χ1v) is 6.17. The van der Waals surface area contributed by atoms with Gasteiger partial charge < -0.3 is 10.0 Å². The predicted octanol–water partition coefficient (Wildman–Crippen LogP) is 1.55. The average Bonchev–Trinajstić information content (AvgIpc) is 2.18. The van der Waals surface area contributed by atoms with E-state index < -0.39 is 11.0 Å². The SMILES string of the molecule is CCN(CC(C)(C)O)C(=O)C1(C#N)CC(C)C1. The van der Waals surface area contributed by atoms with Crippen LogP contribution in [0.2, 0.25) is 0 Å². The van der Waals surface area contributed by atoms with Crippen LogP contribution in [0, 0.1) is 22.7 Å². The van der Waals surface area contributed by atoms with Crippen LogP contribution in [0.1, 0.15) is 40.5 Å². The van der Waals surface area contributed by atoms with Gasteiger partial charge in [0.2, 0.25) is 5.91 Å². The minimum absolute atomic E-state index is 0.122. The van der Waals surface area contributed by atoms with Gasteiger partial charge in [0.15, 0.2) is 0 Å². The third-order valence-corrected chi connectivity index (χ3v) is 3.26. The summed E-state index contributed by atoms with van der Waals surface area (Å²) in [6.07, 6.45) is 1.29. The Labute approximate surface area is 103 Å². The zero-order chi connectivity index (χ0) is 13.3. The third-order valence-electron chi connectivity index (χ3n) is 3.26. The normalized spacial score (nSPS) is 28.1. The molecule has 0 saturated heterocycles. The molecule has 96 valence electrons. The number of nitrogens with zero attached hydrogens (tertiary/aromatic N) is 2. The highest BCUT2D eigenvalue weighted by molar-refractivity contribution is 5.86. The minimum Gasteiger partial charge on any atom is -0.389 e. The molecule has 0 aromatic carbocycles. The number of carbonyl (C=O) groups is 1. The number of amides is 1. The van der Waals surface area contributed by atoms with Gasteiger partial charge in [-0.2, -0.15) is 5.26 Å². The van der Waals surface area contributed by atoms with Crippen molar-refractivity contribution in [2.75, 3.05) is 13.1 Å². The van der Waals surface area contributed by atoms with Gasteiger partial charge in [-0.15, -0.1) is 0 Å². The molecule has 0 unspecified atom stereocenters. The summed E-state index contributed by atoms with van der Waals surface area (Å²) in [6.45, 7) is 8.07. The topological polar surface area (TPSA) is 64.3 Å². The van der Waals surface area contributed by atoms with Crippen molar-refractivity contribution < 1.29 is 9.90 Å². The average molecular weight is 238 g/mol. The Morgan fingerprint density at radius 3 is 2.41 bits per heavy atom. The summed E-state index contributed by atoms with van der Waals surface area (Å²) in [7, 11) is 0. The fourth-order valence-corrected chi connectivity index (χ4v) is 2.54. The monoisotopic (exact) mass is 238 g/mol. The second-order valence-electron chi connectivity index (χ2n) is 5.84. The summed E-state index contributed by atoms with van der Waals surface area (Å²) < 4.78 is 0. The number of rotatable bonds is 4. The van der Waals surface area contributed by atoms with Gasteiger partial charge in [-0.1, -0.05) is 6.92 Å². The molecule has 4 nitrogen and oxygen atoms in total. The first kappa shape index (κ1) is 14.0. The summed E-state index contributed by atoms with van der Waals surface area (Å²) in [5.41, 5.74) is -1.75. The van der Waals surface area contributed by atoms with Crippen LogP contribution in [0.3, 0.4) is 0 Å². The first-order valence-electron chi connectivity index (χ1n) is 6.17. The molecule has 17 heavy (non-hydrogen) atoms. The molecular formula is C13H22N2O2. The molecule has 4 heteroatoms. The Bertz CT molecular complexity index is 332. The van der Waals surface area contributed by atoms with Crippen molar-refractivity contribution in [3.8, 4) is 6.07 Å². The van der Waals surface area contributed by atoms with E-state index in [1.54, 1.807) is 18.7 Å². The minimum atomic E-state index is -0.919. The second-order valence-corrected chi connectivity index (χ2v) is 5.84. The van der Waals surface area contributed by atoms with E-state index in [4.69, 9.17) is 0 Å². The van der Waals surface area contributed by atoms with Gasteiger partial charge in [-0.05, 0) is 39.5 Å². The maximum Gasteiger partial charge on any atom is 0.243 e. The number of likely N-dealkylation sites (N-methyl/N-ethyl adjacent to an activating group) is 1. The van der Waals surface area contributed by atoms with Gasteiger partial charge in [0.05, 0.1) is 11.7 Å². The van der Waals surface area contributed by atoms with Gasteiger partial charge >= 0.3 is 0 Å². The lowest BCUT2D eigenvalue weighted by atomic mass is 9.62. The van der Waals surface area contributed by atoms with Crippen LogP contribution in [-0.4, -0.2) is 34.6 Å². The molecule has 0 aromatic heterocycles. The number of hydrogen-bond donors (Lipinski definition) is 1. The van der Waals surface area contributed by atoms with Crippen molar-refractivity contribution >= 4 is 5.91 Å². The standard InChI is InChI=1S/C13H22N2O2/c1-5-15(9-12(3,4)17)11(16)13(8-14)6-10(2)7-13/h10,17H,5-7,9H2,1-4H3. The van der Waals surface area contributed by atoms with E-state index in [1.165, 1.54) is 0 Å². The number of nitriles is 1. The summed E-state index contributed by atoms with van der Waals surface area (Å²) in [5.74, 6) is 0.321. The lowest BCUT2D eigenvalue weighted by Gasteiger charge is -2.43. The van der Waals surface area contributed by atoms with Crippen molar-refractivity contribution in [2.24, 2.45) is 11.3 Å². The molecule has 0 aliphatic heterocycles. The highest BCUT2D eigenvalue weighted by Crippen LogP contribution is 2.46. The molecule has 1 amide bonds. The molecule has 1 saturated carbocycles. The van der Waals surface area contributed by atoms with Gasteiger partial charge in [-0.3, -0.25) is 4.79 Å². The van der Waals surface area contributed by atoms with Crippen LogP contribution in [0.25, 0.3) is 0 Å². The van der Waals surface area contributed by atoms with E-state index in [1.807, 2.05) is 6.92 Å². The zero-order valence-corrected chi connectivity index (χ0v) is 11.2. The molecule has 0 heterocycles. The molecule has 1 rings (SSSR count). The van der Waals surface area contributed by atoms with Gasteiger partial charge in [0, 0.05) is 13.1 Å². The lowest BCUT2D eigenvalue weighted by Crippen LogP contribution is -2.53. The third kappa shape index (κ3) is 2.98. The number of hydrogen-bond acceptors (Lipinski definition) is 3. The molecule has 0 aromatic rings. The van der Waals surface area contributed by atoms with Crippen molar-refractivity contribution in [1.29, 1.82) is 5.26 Å². The highest BCUT2D eigenvalue weighted by Gasteiger charge is 2.50. The molecule has 1 aliphatic rings. The van der Waals surface area contributed by atoms with E-state index >= 15 is 0 Å². The van der Waals surface area contributed by atoms with Crippen LogP contribution in [0.5, 0.6) is 0 Å². The predicted molar refractivity (Wildman–Crippen MR) is 65.0 cm³/mol. The van der Waals surface area contributed by atoms with Crippen molar-refractivity contribution in [3.05, 3.63) is 0 Å². The van der Waals surface area contributed by atoms with Gasteiger partial charge in [0.25, 0.3) is 0 Å². The Kier molecular flexibility index (Phi) is 3.83. The fourth-order valence-electron chi connectivity index (χ4n) is 2.54. The largest absolute Gasteiger partial charge is 0.389 e. The van der Waals surface area contributed by atoms with Gasteiger partial charge in [0.1, 0.15) is 5.41 Å². The van der Waals surface area contributed by atoms with Crippen molar-refractivity contribution in [1.82, 2.24) is 4.90 Å². The van der Waals surface area contributed by atoms with Crippen LogP contribution in [0.15, 0.2) is 0 Å². The summed E-state index contributed by atoms with van der Waals surface area (Å²) >= 11 is 0. The van der Waals surface area contributed by atoms with Crippen LogP contribution >= 0.6 is 0 Å². The summed E-state index contributed by atoms with van der Waals surface area (Å²) in [6, 6.07) is 2.17. The van der Waals surface area contributed by atoms with Crippen LogP contribution in [0.4, 0.5) is 0 Å². The summed E-state index contributed by atoms with van der Waals surface area (Å²) in [4.78, 5) is 13.9. The fraction of sp³-hybridized carbons (Fsp3) is 0.846. The van der Waals surface area contributed by atoms with Crippen molar-refractivity contribution in [3.63, 3.8) is 0 Å². The Morgan fingerprint density at radius 2 is 2.12 bits per heavy atom. The molecule has 0 spiro atoms. The Morgan fingerprint density at radius 1 is 1.59 bits per heavy atom. The molecule has 1 fully saturated rings. The van der Waals surface area contributed by atoms with E-state index in [0.717, 1.165) is 0 Å². The second kappa shape index (κ2) is 4.66. The van der Waals surface area contributed by atoms with E-state index in [0.29, 0.717) is 25.3 Å². The molecule has 0 bridgehead atoms. The summed E-state index contributed by atoms with van der Waals surface area (Å²) in [5, 5.41) is 19.0. The quantitative estimate of drug-likeness (QED) is 0.808. The molecule has 0 atom stereocenters. The Balaban J connectivity index is 2.77. The number of aliphatic hydroxyl groups is 1. The molecule has 1 aliphatic carbocycles. The van der Waals surface area contributed by atoms with E-state index in [2.05, 4.69) is 13.0 Å².